The summed E-state index contributed by atoms with van der Waals surface area (Å²) in [5.41, 5.74) is 5.91. The normalized spacial score (nSPS) is 11.1. The summed E-state index contributed by atoms with van der Waals surface area (Å²) in [4.78, 5) is 15.6. The molecule has 2 heterocycles. The summed E-state index contributed by atoms with van der Waals surface area (Å²) in [6.07, 6.45) is 1.35. The van der Waals surface area contributed by atoms with Gasteiger partial charge in [-0.15, -0.1) is 5.10 Å². The Balaban J connectivity index is 2.65. The lowest BCUT2D eigenvalue weighted by Gasteiger charge is -2.00. The maximum absolute atomic E-state index is 11.7. The molecule has 8 heteroatoms. The second kappa shape index (κ2) is 3.75. The Morgan fingerprint density at radius 1 is 1.53 bits per heavy atom. The fraction of sp³-hybridized carbons (Fsp3) is 0.429. The van der Waals surface area contributed by atoms with E-state index in [2.05, 4.69) is 15.3 Å². The lowest BCUT2D eigenvalue weighted by Crippen LogP contribution is -2.30. The van der Waals surface area contributed by atoms with Crippen LogP contribution in [0.4, 0.5) is 0 Å². The van der Waals surface area contributed by atoms with Crippen LogP contribution in [0.2, 0.25) is 0 Å². The molecule has 2 aromatic rings. The maximum Gasteiger partial charge on any atom is 0.353 e. The molecule has 80 valence electrons. The molecule has 0 saturated heterocycles. The molecule has 15 heavy (non-hydrogen) atoms. The molecule has 0 bridgehead atoms. The molecule has 2 rings (SSSR count). The first kappa shape index (κ1) is 9.74. The summed E-state index contributed by atoms with van der Waals surface area (Å²) in [5, 5.41) is 16.2. The molecule has 0 aliphatic carbocycles. The Morgan fingerprint density at radius 2 is 2.33 bits per heavy atom. The van der Waals surface area contributed by atoms with Gasteiger partial charge in [-0.3, -0.25) is 0 Å². The first-order valence-corrected chi connectivity index (χ1v) is 4.38. The van der Waals surface area contributed by atoms with Gasteiger partial charge in [-0.1, -0.05) is 5.21 Å². The molecule has 8 nitrogen and oxygen atoms in total. The Bertz CT molecular complexity index is 530. The summed E-state index contributed by atoms with van der Waals surface area (Å²) in [7, 11) is 0. The Morgan fingerprint density at radius 3 is 3.00 bits per heavy atom. The van der Waals surface area contributed by atoms with Crippen molar-refractivity contribution < 1.29 is 5.11 Å². The molecule has 0 spiro atoms. The number of hydrogen-bond donors (Lipinski definition) is 2. The number of imidazole rings is 1. The van der Waals surface area contributed by atoms with Crippen molar-refractivity contribution >= 4 is 5.65 Å². The summed E-state index contributed by atoms with van der Waals surface area (Å²) in [5.74, 6) is 0. The highest BCUT2D eigenvalue weighted by Crippen LogP contribution is 2.00. The van der Waals surface area contributed by atoms with Crippen LogP contribution >= 0.6 is 0 Å². The molecular formula is C7H10N6O2. The van der Waals surface area contributed by atoms with Crippen molar-refractivity contribution in [3.05, 3.63) is 22.5 Å². The van der Waals surface area contributed by atoms with E-state index in [1.165, 1.54) is 10.7 Å². The number of hydrogen-bond acceptors (Lipinski definition) is 6. The lowest BCUT2D eigenvalue weighted by molar-refractivity contribution is 0.261. The quantitative estimate of drug-likeness (QED) is 0.591. The number of rotatable bonds is 3. The highest BCUT2D eigenvalue weighted by molar-refractivity contribution is 5.41. The molecule has 0 unspecified atom stereocenters. The SMILES string of the molecule is NCc1ncn2c(=O)n(CCO)nnc12. The zero-order chi connectivity index (χ0) is 10.8. The van der Waals surface area contributed by atoms with E-state index in [-0.39, 0.29) is 25.4 Å². The van der Waals surface area contributed by atoms with Gasteiger partial charge in [-0.05, 0) is 0 Å². The van der Waals surface area contributed by atoms with Crippen molar-refractivity contribution in [2.24, 2.45) is 5.73 Å². The average Bonchev–Trinajstić information content (AvgIpc) is 2.66. The lowest BCUT2D eigenvalue weighted by atomic mass is 10.5. The first-order chi connectivity index (χ1) is 7.27. The van der Waals surface area contributed by atoms with Gasteiger partial charge in [0.15, 0.2) is 5.65 Å². The molecule has 0 fully saturated rings. The molecule has 0 atom stereocenters. The third-order valence-corrected chi connectivity index (χ3v) is 1.99. The van der Waals surface area contributed by atoms with Crippen molar-refractivity contribution in [1.82, 2.24) is 24.4 Å². The minimum absolute atomic E-state index is 0.109. The molecule has 3 N–H and O–H groups in total. The van der Waals surface area contributed by atoms with E-state index in [0.717, 1.165) is 4.68 Å². The van der Waals surface area contributed by atoms with Crippen LogP contribution in [-0.2, 0) is 13.1 Å². The summed E-state index contributed by atoms with van der Waals surface area (Å²) >= 11 is 0. The summed E-state index contributed by atoms with van der Waals surface area (Å²) in [6, 6.07) is 0. The van der Waals surface area contributed by atoms with Crippen LogP contribution in [0.1, 0.15) is 5.69 Å². The standard InChI is InChI=1S/C7H10N6O2/c8-3-5-6-10-11-13(1-2-14)7(15)12(6)4-9-5/h4,14H,1-3,8H2. The number of aliphatic hydroxyl groups excluding tert-OH is 1. The Labute approximate surface area is 84.0 Å². The third-order valence-electron chi connectivity index (χ3n) is 1.99. The van der Waals surface area contributed by atoms with Gasteiger partial charge in [0, 0.05) is 6.54 Å². The van der Waals surface area contributed by atoms with Crippen LogP contribution in [-0.4, -0.2) is 36.1 Å². The van der Waals surface area contributed by atoms with Gasteiger partial charge in [-0.25, -0.2) is 14.2 Å². The van der Waals surface area contributed by atoms with E-state index >= 15 is 0 Å². The molecular weight excluding hydrogens is 200 g/mol. The second-order valence-corrected chi connectivity index (χ2v) is 2.91. The molecule has 0 amide bonds. The average molecular weight is 210 g/mol. The predicted octanol–water partition coefficient (Wildman–Crippen LogP) is -2.26. The number of nitrogens with two attached hydrogens (primary N) is 1. The zero-order valence-corrected chi connectivity index (χ0v) is 7.87. The smallest absolute Gasteiger partial charge is 0.353 e. The van der Waals surface area contributed by atoms with Gasteiger partial charge >= 0.3 is 5.69 Å². The summed E-state index contributed by atoms with van der Waals surface area (Å²) < 4.78 is 2.32. The highest BCUT2D eigenvalue weighted by Gasteiger charge is 2.09. The van der Waals surface area contributed by atoms with Gasteiger partial charge in [0.1, 0.15) is 12.0 Å². The van der Waals surface area contributed by atoms with Crippen molar-refractivity contribution in [2.45, 2.75) is 13.1 Å². The molecule has 0 radical (unpaired) electrons. The molecule has 0 saturated carbocycles. The van der Waals surface area contributed by atoms with Gasteiger partial charge in [-0.2, -0.15) is 4.68 Å². The predicted molar refractivity (Wildman–Crippen MR) is 50.0 cm³/mol. The van der Waals surface area contributed by atoms with Crippen molar-refractivity contribution in [3.63, 3.8) is 0 Å². The van der Waals surface area contributed by atoms with E-state index in [0.29, 0.717) is 11.3 Å². The van der Waals surface area contributed by atoms with Gasteiger partial charge in [0.2, 0.25) is 0 Å². The highest BCUT2D eigenvalue weighted by atomic mass is 16.3. The van der Waals surface area contributed by atoms with Crippen LogP contribution in [0.3, 0.4) is 0 Å². The van der Waals surface area contributed by atoms with Crippen molar-refractivity contribution in [3.8, 4) is 0 Å². The number of aromatic nitrogens is 5. The maximum atomic E-state index is 11.7. The van der Waals surface area contributed by atoms with Crippen LogP contribution in [0.25, 0.3) is 5.65 Å². The van der Waals surface area contributed by atoms with Crippen LogP contribution < -0.4 is 11.4 Å². The molecule has 2 aromatic heterocycles. The van der Waals surface area contributed by atoms with E-state index in [1.807, 2.05) is 0 Å². The zero-order valence-electron chi connectivity index (χ0n) is 7.87. The van der Waals surface area contributed by atoms with Crippen LogP contribution in [0.15, 0.2) is 11.1 Å². The van der Waals surface area contributed by atoms with Crippen molar-refractivity contribution in [1.29, 1.82) is 0 Å². The van der Waals surface area contributed by atoms with Crippen molar-refractivity contribution in [2.75, 3.05) is 6.61 Å². The van der Waals surface area contributed by atoms with E-state index < -0.39 is 0 Å². The minimum atomic E-state index is -0.388. The Hall–Kier alpha value is -1.80. The van der Waals surface area contributed by atoms with Gasteiger partial charge < -0.3 is 10.8 Å². The fourth-order valence-corrected chi connectivity index (χ4v) is 1.26. The molecule has 0 aromatic carbocycles. The molecule has 0 aliphatic rings. The number of fused-ring (bicyclic) bond motifs is 1. The number of nitrogens with zero attached hydrogens (tertiary/aromatic N) is 5. The topological polar surface area (TPSA) is 111 Å². The summed E-state index contributed by atoms with van der Waals surface area (Å²) in [6.45, 7) is 0.144. The fourth-order valence-electron chi connectivity index (χ4n) is 1.26. The van der Waals surface area contributed by atoms with Crippen LogP contribution in [0, 0.1) is 0 Å². The Kier molecular flexibility index (Phi) is 2.44. The first-order valence-electron chi connectivity index (χ1n) is 4.38. The van der Waals surface area contributed by atoms with Crippen LogP contribution in [0.5, 0.6) is 0 Å². The monoisotopic (exact) mass is 210 g/mol. The van der Waals surface area contributed by atoms with E-state index in [9.17, 15) is 4.79 Å². The minimum Gasteiger partial charge on any atom is -0.394 e. The molecule has 0 aliphatic heterocycles. The van der Waals surface area contributed by atoms with E-state index in [4.69, 9.17) is 10.8 Å². The second-order valence-electron chi connectivity index (χ2n) is 2.91. The van der Waals surface area contributed by atoms with E-state index in [1.54, 1.807) is 0 Å². The largest absolute Gasteiger partial charge is 0.394 e. The third kappa shape index (κ3) is 1.49. The van der Waals surface area contributed by atoms with Gasteiger partial charge in [0.25, 0.3) is 0 Å². The number of aliphatic hydroxyl groups is 1. The van der Waals surface area contributed by atoms with Gasteiger partial charge in [0.05, 0.1) is 13.2 Å².